The van der Waals surface area contributed by atoms with Gasteiger partial charge in [0, 0.05) is 6.54 Å². The molecule has 76 valence electrons. The van der Waals surface area contributed by atoms with Crippen LogP contribution >= 0.6 is 0 Å². The van der Waals surface area contributed by atoms with E-state index < -0.39 is 6.10 Å². The third kappa shape index (κ3) is 4.25. The smallest absolute Gasteiger partial charge is 0.0824 e. The first-order chi connectivity index (χ1) is 6.24. The topological polar surface area (TPSA) is 47.3 Å². The number of nitriles is 1. The lowest BCUT2D eigenvalue weighted by Gasteiger charge is -2.16. The van der Waals surface area contributed by atoms with Gasteiger partial charge in [0.15, 0.2) is 0 Å². The van der Waals surface area contributed by atoms with E-state index in [1.54, 1.807) is 0 Å². The molecule has 0 aliphatic carbocycles. The maximum Gasteiger partial charge on any atom is 0.0824 e. The Morgan fingerprint density at radius 3 is 2.62 bits per heavy atom. The molecule has 3 nitrogen and oxygen atoms in total. The van der Waals surface area contributed by atoms with E-state index >= 15 is 0 Å². The summed E-state index contributed by atoms with van der Waals surface area (Å²) in [5, 5.41) is 18.1. The van der Waals surface area contributed by atoms with Crippen LogP contribution in [0, 0.1) is 17.2 Å². The monoisotopic (exact) mass is 184 g/mol. The van der Waals surface area contributed by atoms with Gasteiger partial charge in [0.2, 0.25) is 0 Å². The molecule has 2 unspecified atom stereocenters. The van der Waals surface area contributed by atoms with Gasteiger partial charge >= 0.3 is 0 Å². The third-order valence-corrected chi connectivity index (χ3v) is 2.18. The number of β-amino-alcohol motifs (C(OH)–C–C–N with tert-alkyl or cyclic N) is 1. The van der Waals surface area contributed by atoms with Gasteiger partial charge in [0.1, 0.15) is 0 Å². The molecule has 3 heteroatoms. The van der Waals surface area contributed by atoms with Crippen molar-refractivity contribution >= 4 is 0 Å². The van der Waals surface area contributed by atoms with Gasteiger partial charge in [-0.1, -0.05) is 13.8 Å². The van der Waals surface area contributed by atoms with Gasteiger partial charge < -0.3 is 10.0 Å². The van der Waals surface area contributed by atoms with Crippen molar-refractivity contribution in [1.29, 1.82) is 5.26 Å². The molecular formula is C10H20N2O. The molecule has 0 aromatic heterocycles. The van der Waals surface area contributed by atoms with E-state index in [9.17, 15) is 5.11 Å². The molecule has 13 heavy (non-hydrogen) atoms. The summed E-state index contributed by atoms with van der Waals surface area (Å²) in [5.41, 5.74) is 0. The Labute approximate surface area is 81.0 Å². The first-order valence-corrected chi connectivity index (χ1v) is 5.00. The summed E-state index contributed by atoms with van der Waals surface area (Å²) in [6, 6.07) is 2.14. The minimum Gasteiger partial charge on any atom is -0.390 e. The summed E-state index contributed by atoms with van der Waals surface area (Å²) >= 11 is 0. The molecule has 0 saturated carbocycles. The Bertz CT molecular complexity index is 165. The van der Waals surface area contributed by atoms with Crippen LogP contribution in [0.4, 0.5) is 0 Å². The largest absolute Gasteiger partial charge is 0.390 e. The standard InChI is InChI=1S/C8H14N2O.C2H6/c1-10-4-2-3-7(5-9)8(11)6-10;1-2/h7-8,11H,2-4,6H2,1H3;1-2H3. The lowest BCUT2D eigenvalue weighted by molar-refractivity contribution is 0.107. The van der Waals surface area contributed by atoms with E-state index in [2.05, 4.69) is 11.0 Å². The molecule has 0 spiro atoms. The van der Waals surface area contributed by atoms with Crippen molar-refractivity contribution in [2.24, 2.45) is 5.92 Å². The zero-order valence-electron chi connectivity index (χ0n) is 8.82. The average molecular weight is 184 g/mol. The maximum absolute atomic E-state index is 9.46. The number of hydrogen-bond donors (Lipinski definition) is 1. The highest BCUT2D eigenvalue weighted by Crippen LogP contribution is 2.15. The number of aliphatic hydroxyl groups excluding tert-OH is 1. The van der Waals surface area contributed by atoms with Crippen molar-refractivity contribution in [2.45, 2.75) is 32.8 Å². The van der Waals surface area contributed by atoms with Crippen LogP contribution in [0.5, 0.6) is 0 Å². The van der Waals surface area contributed by atoms with Gasteiger partial charge in [-0.3, -0.25) is 0 Å². The van der Waals surface area contributed by atoms with Crippen LogP contribution in [0.15, 0.2) is 0 Å². The Morgan fingerprint density at radius 1 is 1.46 bits per heavy atom. The quantitative estimate of drug-likeness (QED) is 0.616. The predicted octanol–water partition coefficient (Wildman–Crippen LogP) is 1.24. The van der Waals surface area contributed by atoms with Crippen molar-refractivity contribution in [3.05, 3.63) is 0 Å². The zero-order valence-corrected chi connectivity index (χ0v) is 8.82. The van der Waals surface area contributed by atoms with Crippen molar-refractivity contribution in [3.63, 3.8) is 0 Å². The van der Waals surface area contributed by atoms with E-state index in [0.717, 1.165) is 19.4 Å². The summed E-state index contributed by atoms with van der Waals surface area (Å²) in [7, 11) is 1.98. The van der Waals surface area contributed by atoms with E-state index in [-0.39, 0.29) is 5.92 Å². The van der Waals surface area contributed by atoms with E-state index in [1.807, 2.05) is 20.9 Å². The molecule has 1 fully saturated rings. The first kappa shape index (κ1) is 12.4. The van der Waals surface area contributed by atoms with E-state index in [4.69, 9.17) is 5.26 Å². The highest BCUT2D eigenvalue weighted by atomic mass is 16.3. The van der Waals surface area contributed by atoms with Gasteiger partial charge in [-0.05, 0) is 26.4 Å². The summed E-state index contributed by atoms with van der Waals surface area (Å²) < 4.78 is 0. The molecule has 0 amide bonds. The molecule has 0 bridgehead atoms. The lowest BCUT2D eigenvalue weighted by Crippen LogP contribution is -2.30. The molecule has 1 rings (SSSR count). The van der Waals surface area contributed by atoms with Crippen LogP contribution in [0.3, 0.4) is 0 Å². The first-order valence-electron chi connectivity index (χ1n) is 5.00. The molecule has 2 atom stereocenters. The van der Waals surface area contributed by atoms with Gasteiger partial charge in [0.25, 0.3) is 0 Å². The molecule has 1 N–H and O–H groups in total. The summed E-state index contributed by atoms with van der Waals surface area (Å²) in [5.74, 6) is -0.153. The highest BCUT2D eigenvalue weighted by molar-refractivity contribution is 4.90. The fourth-order valence-corrected chi connectivity index (χ4v) is 1.46. The van der Waals surface area contributed by atoms with Crippen molar-refractivity contribution in [3.8, 4) is 6.07 Å². The third-order valence-electron chi connectivity index (χ3n) is 2.18. The van der Waals surface area contributed by atoms with Gasteiger partial charge in [-0.25, -0.2) is 0 Å². The Kier molecular flexibility index (Phi) is 6.56. The average Bonchev–Trinajstić information content (AvgIpc) is 2.30. The summed E-state index contributed by atoms with van der Waals surface area (Å²) in [6.07, 6.45) is 1.40. The van der Waals surface area contributed by atoms with Gasteiger partial charge in [-0.2, -0.15) is 5.26 Å². The molecule has 0 aromatic carbocycles. The second kappa shape index (κ2) is 6.88. The van der Waals surface area contributed by atoms with Crippen LogP contribution in [0.25, 0.3) is 0 Å². The van der Waals surface area contributed by atoms with Gasteiger partial charge in [0.05, 0.1) is 18.1 Å². The number of likely N-dealkylation sites (tertiary alicyclic amines) is 1. The van der Waals surface area contributed by atoms with Crippen molar-refractivity contribution in [1.82, 2.24) is 4.90 Å². The second-order valence-electron chi connectivity index (χ2n) is 3.21. The van der Waals surface area contributed by atoms with E-state index in [1.165, 1.54) is 0 Å². The maximum atomic E-state index is 9.46. The molecule has 1 aliphatic heterocycles. The highest BCUT2D eigenvalue weighted by Gasteiger charge is 2.22. The molecule has 1 saturated heterocycles. The Morgan fingerprint density at radius 2 is 2.08 bits per heavy atom. The molecule has 0 radical (unpaired) electrons. The van der Waals surface area contributed by atoms with Crippen molar-refractivity contribution in [2.75, 3.05) is 20.1 Å². The summed E-state index contributed by atoms with van der Waals surface area (Å²) in [6.45, 7) is 5.63. The number of rotatable bonds is 0. The van der Waals surface area contributed by atoms with Gasteiger partial charge in [-0.15, -0.1) is 0 Å². The Balaban J connectivity index is 0.000000671. The predicted molar refractivity (Wildman–Crippen MR) is 53.2 cm³/mol. The molecule has 1 aliphatic rings. The van der Waals surface area contributed by atoms with Crippen LogP contribution in [0.2, 0.25) is 0 Å². The Hall–Kier alpha value is -0.590. The minimum atomic E-state index is -0.451. The fourth-order valence-electron chi connectivity index (χ4n) is 1.46. The molecular weight excluding hydrogens is 164 g/mol. The number of hydrogen-bond acceptors (Lipinski definition) is 3. The number of nitrogens with zero attached hydrogens (tertiary/aromatic N) is 2. The number of likely N-dealkylation sites (N-methyl/N-ethyl adjacent to an activating group) is 1. The molecule has 1 heterocycles. The van der Waals surface area contributed by atoms with Crippen molar-refractivity contribution < 1.29 is 5.11 Å². The molecule has 0 aromatic rings. The van der Waals surface area contributed by atoms with E-state index in [0.29, 0.717) is 6.54 Å². The SMILES string of the molecule is CC.CN1CCCC(C#N)C(O)C1. The zero-order chi connectivity index (χ0) is 10.3. The van der Waals surface area contributed by atoms with Crippen LogP contribution in [-0.2, 0) is 0 Å². The summed E-state index contributed by atoms with van der Waals surface area (Å²) in [4.78, 5) is 2.07. The van der Waals surface area contributed by atoms with Crippen LogP contribution < -0.4 is 0 Å². The van der Waals surface area contributed by atoms with Crippen LogP contribution in [0.1, 0.15) is 26.7 Å². The second-order valence-corrected chi connectivity index (χ2v) is 3.21. The van der Waals surface area contributed by atoms with Crippen LogP contribution in [-0.4, -0.2) is 36.2 Å². The lowest BCUT2D eigenvalue weighted by atomic mass is 10.0. The minimum absolute atomic E-state index is 0.153. The fraction of sp³-hybridized carbons (Fsp3) is 0.900. The number of aliphatic hydroxyl groups is 1. The normalized spacial score (nSPS) is 29.5.